The molecule has 0 aromatic heterocycles. The topological polar surface area (TPSA) is 29.1 Å². The number of carbonyl (C=O) groups is 1. The first kappa shape index (κ1) is 10.9. The molecule has 0 bridgehead atoms. The summed E-state index contributed by atoms with van der Waals surface area (Å²) in [6.07, 6.45) is 2.36. The lowest BCUT2D eigenvalue weighted by molar-refractivity contribution is 0.0884. The van der Waals surface area contributed by atoms with Crippen LogP contribution in [0, 0.1) is 9.49 Å². The van der Waals surface area contributed by atoms with Crippen LogP contribution in [0.25, 0.3) is 0 Å². The smallest absolute Gasteiger partial charge is 0.251 e. The number of halogens is 1. The predicted molar refractivity (Wildman–Crippen MR) is 68.8 cm³/mol. The van der Waals surface area contributed by atoms with Crippen LogP contribution in [0.5, 0.6) is 0 Å². The Morgan fingerprint density at radius 1 is 1.33 bits per heavy atom. The van der Waals surface area contributed by atoms with Crippen LogP contribution in [0.4, 0.5) is 0 Å². The molecule has 2 atom stereocenters. The fourth-order valence-electron chi connectivity index (χ4n) is 1.73. The molecule has 2 unspecified atom stereocenters. The second kappa shape index (κ2) is 4.51. The molecular formula is C12H14INO. The van der Waals surface area contributed by atoms with Crippen LogP contribution in [0.1, 0.15) is 30.1 Å². The van der Waals surface area contributed by atoms with Crippen LogP contribution in [0.15, 0.2) is 24.3 Å². The van der Waals surface area contributed by atoms with Gasteiger partial charge >= 0.3 is 0 Å². The molecule has 1 aliphatic rings. The summed E-state index contributed by atoms with van der Waals surface area (Å²) in [5.74, 6) is 0.695. The fraction of sp³-hybridized carbons (Fsp3) is 0.417. The largest absolute Gasteiger partial charge is 0.349 e. The van der Waals surface area contributed by atoms with Crippen molar-refractivity contribution in [2.45, 2.75) is 25.8 Å². The average Bonchev–Trinajstić information content (AvgIpc) is 2.24. The minimum Gasteiger partial charge on any atom is -0.349 e. The standard InChI is InChI=1S/C12H14INO/c1-8-2-7-11(8)14-12(15)9-3-5-10(13)6-4-9/h3-6,8,11H,2,7H2,1H3,(H,14,15). The van der Waals surface area contributed by atoms with Crippen molar-refractivity contribution >= 4 is 28.5 Å². The lowest BCUT2D eigenvalue weighted by Gasteiger charge is -2.34. The van der Waals surface area contributed by atoms with Crippen LogP contribution < -0.4 is 5.32 Å². The Morgan fingerprint density at radius 3 is 2.47 bits per heavy atom. The van der Waals surface area contributed by atoms with Gasteiger partial charge in [-0.25, -0.2) is 0 Å². The van der Waals surface area contributed by atoms with Crippen molar-refractivity contribution in [2.75, 3.05) is 0 Å². The van der Waals surface area contributed by atoms with Crippen molar-refractivity contribution in [1.82, 2.24) is 5.32 Å². The van der Waals surface area contributed by atoms with E-state index in [1.165, 1.54) is 6.42 Å². The summed E-state index contributed by atoms with van der Waals surface area (Å²) < 4.78 is 1.15. The van der Waals surface area contributed by atoms with Crippen molar-refractivity contribution in [3.8, 4) is 0 Å². The summed E-state index contributed by atoms with van der Waals surface area (Å²) in [6.45, 7) is 2.18. The van der Waals surface area contributed by atoms with E-state index in [0.29, 0.717) is 12.0 Å². The van der Waals surface area contributed by atoms with Crippen molar-refractivity contribution < 1.29 is 4.79 Å². The Bertz CT molecular complexity index is 360. The summed E-state index contributed by atoms with van der Waals surface area (Å²) in [4.78, 5) is 11.8. The number of carbonyl (C=O) groups excluding carboxylic acids is 1. The highest BCUT2D eigenvalue weighted by molar-refractivity contribution is 14.1. The number of hydrogen-bond acceptors (Lipinski definition) is 1. The van der Waals surface area contributed by atoms with Crippen LogP contribution in [-0.2, 0) is 0 Å². The second-order valence-corrected chi connectivity index (χ2v) is 5.39. The predicted octanol–water partition coefficient (Wildman–Crippen LogP) is 2.82. The minimum absolute atomic E-state index is 0.0583. The summed E-state index contributed by atoms with van der Waals surface area (Å²) in [5, 5.41) is 3.06. The van der Waals surface area contributed by atoms with Crippen molar-refractivity contribution in [1.29, 1.82) is 0 Å². The zero-order chi connectivity index (χ0) is 10.8. The average molecular weight is 315 g/mol. The molecule has 15 heavy (non-hydrogen) atoms. The highest BCUT2D eigenvalue weighted by Gasteiger charge is 2.28. The maximum absolute atomic E-state index is 11.8. The number of amides is 1. The van der Waals surface area contributed by atoms with E-state index < -0.39 is 0 Å². The molecule has 3 heteroatoms. The maximum Gasteiger partial charge on any atom is 0.251 e. The Balaban J connectivity index is 1.98. The second-order valence-electron chi connectivity index (χ2n) is 4.14. The van der Waals surface area contributed by atoms with Gasteiger partial charge in [-0.05, 0) is 65.6 Å². The van der Waals surface area contributed by atoms with Gasteiger partial charge in [-0.2, -0.15) is 0 Å². The Hall–Kier alpha value is -0.580. The fourth-order valence-corrected chi connectivity index (χ4v) is 2.09. The van der Waals surface area contributed by atoms with E-state index in [0.717, 1.165) is 15.6 Å². The summed E-state index contributed by atoms with van der Waals surface area (Å²) in [5.41, 5.74) is 0.759. The molecule has 1 fully saturated rings. The molecular weight excluding hydrogens is 301 g/mol. The molecule has 0 saturated heterocycles. The van der Waals surface area contributed by atoms with Gasteiger partial charge in [0.1, 0.15) is 0 Å². The summed E-state index contributed by atoms with van der Waals surface area (Å²) in [7, 11) is 0. The monoisotopic (exact) mass is 315 g/mol. The first-order valence-corrected chi connectivity index (χ1v) is 6.31. The van der Waals surface area contributed by atoms with E-state index in [4.69, 9.17) is 0 Å². The molecule has 0 aliphatic heterocycles. The molecule has 1 aliphatic carbocycles. The molecule has 1 aromatic rings. The van der Waals surface area contributed by atoms with E-state index in [9.17, 15) is 4.79 Å². The number of benzene rings is 1. The van der Waals surface area contributed by atoms with Gasteiger partial charge in [-0.1, -0.05) is 6.92 Å². The van der Waals surface area contributed by atoms with Crippen molar-refractivity contribution in [3.63, 3.8) is 0 Å². The molecule has 0 radical (unpaired) electrons. The Morgan fingerprint density at radius 2 is 2.00 bits per heavy atom. The lowest BCUT2D eigenvalue weighted by atomic mass is 9.81. The van der Waals surface area contributed by atoms with Gasteiger partial charge in [0.2, 0.25) is 0 Å². The number of hydrogen-bond donors (Lipinski definition) is 1. The zero-order valence-corrected chi connectivity index (χ0v) is 10.8. The Labute approximate surface area is 104 Å². The SMILES string of the molecule is CC1CCC1NC(=O)c1ccc(I)cc1. The summed E-state index contributed by atoms with van der Waals surface area (Å²) in [6, 6.07) is 8.05. The van der Waals surface area contributed by atoms with Crippen molar-refractivity contribution in [2.24, 2.45) is 5.92 Å². The van der Waals surface area contributed by atoms with Crippen molar-refractivity contribution in [3.05, 3.63) is 33.4 Å². The maximum atomic E-state index is 11.8. The van der Waals surface area contributed by atoms with Gasteiger partial charge < -0.3 is 5.32 Å². The lowest BCUT2D eigenvalue weighted by Crippen LogP contribution is -2.45. The number of rotatable bonds is 2. The van der Waals surface area contributed by atoms with E-state index in [1.807, 2.05) is 24.3 Å². The Kier molecular flexibility index (Phi) is 3.29. The highest BCUT2D eigenvalue weighted by Crippen LogP contribution is 2.26. The molecule has 1 N–H and O–H groups in total. The van der Waals surface area contributed by atoms with Crippen LogP contribution in [-0.4, -0.2) is 11.9 Å². The first-order valence-electron chi connectivity index (χ1n) is 5.23. The highest BCUT2D eigenvalue weighted by atomic mass is 127. The molecule has 80 valence electrons. The normalized spacial score (nSPS) is 24.4. The van der Waals surface area contributed by atoms with Crippen LogP contribution >= 0.6 is 22.6 Å². The van der Waals surface area contributed by atoms with E-state index in [-0.39, 0.29) is 5.91 Å². The molecule has 2 rings (SSSR count). The molecule has 0 spiro atoms. The number of nitrogens with one attached hydrogen (secondary N) is 1. The van der Waals surface area contributed by atoms with Gasteiger partial charge in [-0.15, -0.1) is 0 Å². The third-order valence-corrected chi connectivity index (χ3v) is 3.76. The van der Waals surface area contributed by atoms with Crippen LogP contribution in [0.3, 0.4) is 0 Å². The van der Waals surface area contributed by atoms with Gasteiger partial charge in [0.05, 0.1) is 0 Å². The van der Waals surface area contributed by atoms with E-state index >= 15 is 0 Å². The van der Waals surface area contributed by atoms with Gasteiger partial charge in [0.15, 0.2) is 0 Å². The summed E-state index contributed by atoms with van der Waals surface area (Å²) >= 11 is 2.24. The zero-order valence-electron chi connectivity index (χ0n) is 8.66. The minimum atomic E-state index is 0.0583. The quantitative estimate of drug-likeness (QED) is 0.836. The van der Waals surface area contributed by atoms with Gasteiger partial charge in [0.25, 0.3) is 5.91 Å². The molecule has 2 nitrogen and oxygen atoms in total. The molecule has 0 heterocycles. The van der Waals surface area contributed by atoms with E-state index in [1.54, 1.807) is 0 Å². The first-order chi connectivity index (χ1) is 7.16. The van der Waals surface area contributed by atoms with Crippen LogP contribution in [0.2, 0.25) is 0 Å². The third kappa shape index (κ3) is 2.51. The van der Waals surface area contributed by atoms with Gasteiger partial charge in [0, 0.05) is 15.2 Å². The third-order valence-electron chi connectivity index (χ3n) is 3.04. The molecule has 1 aromatic carbocycles. The van der Waals surface area contributed by atoms with E-state index in [2.05, 4.69) is 34.8 Å². The molecule has 1 amide bonds. The van der Waals surface area contributed by atoms with Gasteiger partial charge in [-0.3, -0.25) is 4.79 Å². The molecule has 1 saturated carbocycles.